The molecule has 150 valence electrons. The van der Waals surface area contributed by atoms with Gasteiger partial charge in [-0.1, -0.05) is 6.07 Å². The van der Waals surface area contributed by atoms with Gasteiger partial charge in [-0.05, 0) is 42.8 Å². The Balaban J connectivity index is 1.66. The van der Waals surface area contributed by atoms with Crippen LogP contribution in [0.5, 0.6) is 17.2 Å². The molecule has 0 aliphatic carbocycles. The summed E-state index contributed by atoms with van der Waals surface area (Å²) < 4.78 is 17.3. The minimum atomic E-state index is -0.881. The lowest BCUT2D eigenvalue weighted by atomic mass is 9.80. The number of hydrogen-bond acceptors (Lipinski definition) is 8. The topological polar surface area (TPSA) is 109 Å². The number of carbonyl (C=O) groups is 1. The Hall–Kier alpha value is -3.94. The van der Waals surface area contributed by atoms with Crippen LogP contribution in [0.3, 0.4) is 0 Å². The molecular formula is C22H18N4O4. The highest BCUT2D eigenvalue weighted by Gasteiger charge is 2.47. The fourth-order valence-electron chi connectivity index (χ4n) is 3.74. The van der Waals surface area contributed by atoms with E-state index in [4.69, 9.17) is 19.9 Å². The minimum absolute atomic E-state index is 0.0106. The Labute approximate surface area is 172 Å². The van der Waals surface area contributed by atoms with Crippen molar-refractivity contribution in [2.24, 2.45) is 10.7 Å². The quantitative estimate of drug-likeness (QED) is 0.715. The van der Waals surface area contributed by atoms with E-state index in [0.29, 0.717) is 17.2 Å². The number of benzene rings is 2. The lowest BCUT2D eigenvalue weighted by molar-refractivity contribution is -0.118. The summed E-state index contributed by atoms with van der Waals surface area (Å²) >= 11 is 0. The Morgan fingerprint density at radius 2 is 1.83 bits per heavy atom. The number of Topliss-reactive ketones (excluding diaryl/α,β-unsaturated/α-hetero) is 1. The molecule has 2 aliphatic rings. The van der Waals surface area contributed by atoms with Gasteiger partial charge in [-0.3, -0.25) is 4.79 Å². The third-order valence-corrected chi connectivity index (χ3v) is 5.11. The highest BCUT2D eigenvalue weighted by Crippen LogP contribution is 2.52. The number of aromatic nitrogens is 2. The first-order valence-corrected chi connectivity index (χ1v) is 9.38. The maximum Gasteiger partial charge on any atom is 0.283 e. The van der Waals surface area contributed by atoms with Crippen molar-refractivity contribution in [2.45, 2.75) is 12.5 Å². The van der Waals surface area contributed by atoms with Crippen LogP contribution >= 0.6 is 0 Å². The van der Waals surface area contributed by atoms with Gasteiger partial charge in [0.1, 0.15) is 36.8 Å². The van der Waals surface area contributed by atoms with Gasteiger partial charge >= 0.3 is 0 Å². The molecular weight excluding hydrogens is 384 g/mol. The summed E-state index contributed by atoms with van der Waals surface area (Å²) in [4.78, 5) is 24.2. The highest BCUT2D eigenvalue weighted by atomic mass is 16.5. The van der Waals surface area contributed by atoms with Gasteiger partial charge < -0.3 is 19.9 Å². The first kappa shape index (κ1) is 18.1. The van der Waals surface area contributed by atoms with Gasteiger partial charge in [0.2, 0.25) is 0 Å². The lowest BCUT2D eigenvalue weighted by Crippen LogP contribution is -2.31. The average Bonchev–Trinajstić information content (AvgIpc) is 3.15. The molecule has 0 saturated carbocycles. The molecule has 0 saturated heterocycles. The standard InChI is InChI=1S/C22H18N4O4/c1-13(27)10-28-16-3-5-20-18(7-16)22(11-29-21(23)26-22)17-6-14(2-4-19(17)30-20)15-8-24-12-25-9-15/h2-9,12H,10-11H2,1H3,(H2,23,26). The van der Waals surface area contributed by atoms with Crippen LogP contribution in [0.15, 0.2) is 60.1 Å². The third-order valence-electron chi connectivity index (χ3n) is 5.11. The largest absolute Gasteiger partial charge is 0.486 e. The molecule has 1 spiro atoms. The number of nitrogens with two attached hydrogens (primary N) is 1. The number of rotatable bonds is 4. The molecule has 2 aliphatic heterocycles. The predicted molar refractivity (Wildman–Crippen MR) is 109 cm³/mol. The molecule has 0 bridgehead atoms. The van der Waals surface area contributed by atoms with E-state index in [1.807, 2.05) is 24.3 Å². The van der Waals surface area contributed by atoms with Crippen molar-refractivity contribution in [2.75, 3.05) is 13.2 Å². The molecule has 1 aromatic heterocycles. The normalized spacial score (nSPS) is 18.6. The second-order valence-corrected chi connectivity index (χ2v) is 7.19. The number of carbonyl (C=O) groups excluding carboxylic acids is 1. The van der Waals surface area contributed by atoms with Gasteiger partial charge in [0, 0.05) is 29.1 Å². The fourth-order valence-corrected chi connectivity index (χ4v) is 3.74. The van der Waals surface area contributed by atoms with Crippen molar-refractivity contribution in [3.05, 3.63) is 66.2 Å². The summed E-state index contributed by atoms with van der Waals surface area (Å²) in [5, 5.41) is 0. The van der Waals surface area contributed by atoms with E-state index >= 15 is 0 Å². The summed E-state index contributed by atoms with van der Waals surface area (Å²) in [7, 11) is 0. The van der Waals surface area contributed by atoms with E-state index < -0.39 is 5.54 Å². The van der Waals surface area contributed by atoms with E-state index in [1.54, 1.807) is 24.5 Å². The lowest BCUT2D eigenvalue weighted by Gasteiger charge is -2.34. The molecule has 30 heavy (non-hydrogen) atoms. The predicted octanol–water partition coefficient (Wildman–Crippen LogP) is 2.81. The maximum absolute atomic E-state index is 11.3. The van der Waals surface area contributed by atoms with Gasteiger partial charge in [0.25, 0.3) is 6.02 Å². The number of amidine groups is 1. The average molecular weight is 402 g/mol. The molecule has 0 fully saturated rings. The van der Waals surface area contributed by atoms with E-state index in [9.17, 15) is 4.79 Å². The second kappa shape index (κ2) is 6.84. The molecule has 1 atom stereocenters. The van der Waals surface area contributed by atoms with Crippen LogP contribution in [0, 0.1) is 0 Å². The van der Waals surface area contributed by atoms with Gasteiger partial charge in [0.05, 0.1) is 0 Å². The van der Waals surface area contributed by atoms with Crippen molar-refractivity contribution >= 4 is 11.8 Å². The summed E-state index contributed by atoms with van der Waals surface area (Å²) in [6.07, 6.45) is 4.98. The van der Waals surface area contributed by atoms with E-state index in [1.165, 1.54) is 13.3 Å². The van der Waals surface area contributed by atoms with Crippen molar-refractivity contribution in [3.63, 3.8) is 0 Å². The van der Waals surface area contributed by atoms with Gasteiger partial charge in [0.15, 0.2) is 11.3 Å². The van der Waals surface area contributed by atoms with Gasteiger partial charge in [-0.25, -0.2) is 15.0 Å². The zero-order chi connectivity index (χ0) is 20.7. The van der Waals surface area contributed by atoms with Crippen LogP contribution in [0.2, 0.25) is 0 Å². The van der Waals surface area contributed by atoms with Crippen molar-refractivity contribution < 1.29 is 19.0 Å². The smallest absolute Gasteiger partial charge is 0.283 e. The fraction of sp³-hybridized carbons (Fsp3) is 0.182. The van der Waals surface area contributed by atoms with Crippen LogP contribution in [-0.4, -0.2) is 35.0 Å². The number of aliphatic imine (C=N–C) groups is 1. The zero-order valence-electron chi connectivity index (χ0n) is 16.2. The van der Waals surface area contributed by atoms with Crippen molar-refractivity contribution in [1.29, 1.82) is 0 Å². The van der Waals surface area contributed by atoms with E-state index in [-0.39, 0.29) is 25.0 Å². The molecule has 8 nitrogen and oxygen atoms in total. The number of ketones is 1. The molecule has 2 N–H and O–H groups in total. The number of hydrogen-bond donors (Lipinski definition) is 1. The monoisotopic (exact) mass is 402 g/mol. The van der Waals surface area contributed by atoms with Crippen LogP contribution < -0.4 is 15.2 Å². The molecule has 5 rings (SSSR count). The van der Waals surface area contributed by atoms with E-state index in [2.05, 4.69) is 15.0 Å². The molecule has 0 amide bonds. The summed E-state index contributed by atoms with van der Waals surface area (Å²) in [6.45, 7) is 1.69. The van der Waals surface area contributed by atoms with Crippen LogP contribution in [-0.2, 0) is 15.1 Å². The zero-order valence-corrected chi connectivity index (χ0v) is 16.2. The Morgan fingerprint density at radius 1 is 1.10 bits per heavy atom. The van der Waals surface area contributed by atoms with Crippen molar-refractivity contribution in [1.82, 2.24) is 9.97 Å². The third kappa shape index (κ3) is 2.93. The Morgan fingerprint density at radius 3 is 2.53 bits per heavy atom. The Kier molecular flexibility index (Phi) is 4.13. The SMILES string of the molecule is CC(=O)COc1ccc2c(c1)C1(COC(N)=N1)c1cc(-c3cncnc3)ccc1O2. The molecule has 2 aromatic carbocycles. The Bertz CT molecular complexity index is 1180. The maximum atomic E-state index is 11.3. The van der Waals surface area contributed by atoms with Crippen LogP contribution in [0.4, 0.5) is 0 Å². The molecule has 1 unspecified atom stereocenters. The van der Waals surface area contributed by atoms with E-state index in [0.717, 1.165) is 22.3 Å². The number of fused-ring (bicyclic) bond motifs is 4. The molecule has 8 heteroatoms. The summed E-state index contributed by atoms with van der Waals surface area (Å²) in [5.74, 6) is 1.78. The second-order valence-electron chi connectivity index (χ2n) is 7.19. The summed E-state index contributed by atoms with van der Waals surface area (Å²) in [5.41, 5.74) is 8.43. The summed E-state index contributed by atoms with van der Waals surface area (Å²) in [6, 6.07) is 11.3. The number of nitrogens with zero attached hydrogens (tertiary/aromatic N) is 3. The molecule has 3 aromatic rings. The van der Waals surface area contributed by atoms with Crippen LogP contribution in [0.25, 0.3) is 11.1 Å². The van der Waals surface area contributed by atoms with Gasteiger partial charge in [-0.15, -0.1) is 0 Å². The molecule has 0 radical (unpaired) electrons. The van der Waals surface area contributed by atoms with Gasteiger partial charge in [-0.2, -0.15) is 0 Å². The van der Waals surface area contributed by atoms with Crippen LogP contribution in [0.1, 0.15) is 18.1 Å². The first-order chi connectivity index (χ1) is 14.5. The molecule has 3 heterocycles. The highest BCUT2D eigenvalue weighted by molar-refractivity contribution is 5.78. The first-order valence-electron chi connectivity index (χ1n) is 9.38. The van der Waals surface area contributed by atoms with Crippen molar-refractivity contribution in [3.8, 4) is 28.4 Å². The number of ether oxygens (including phenoxy) is 3. The minimum Gasteiger partial charge on any atom is -0.486 e.